The van der Waals surface area contributed by atoms with Crippen LogP contribution in [0.3, 0.4) is 0 Å². The van der Waals surface area contributed by atoms with Crippen molar-refractivity contribution >= 4 is 16.9 Å². The molecule has 1 N–H and O–H groups in total. The van der Waals surface area contributed by atoms with Crippen LogP contribution in [0.5, 0.6) is 0 Å². The number of hydrogen-bond donors (Lipinski definition) is 1. The van der Waals surface area contributed by atoms with Gasteiger partial charge in [0.2, 0.25) is 5.43 Å². The number of rotatable bonds is 6. The number of aryl methyl sites for hydroxylation is 3. The monoisotopic (exact) mass is 469 g/mol. The Morgan fingerprint density at radius 2 is 1.82 bits per heavy atom. The van der Waals surface area contributed by atoms with Gasteiger partial charge in [-0.05, 0) is 50.6 Å². The Bertz CT molecular complexity index is 1420. The van der Waals surface area contributed by atoms with Crippen molar-refractivity contribution in [3.05, 3.63) is 87.6 Å². The maximum absolute atomic E-state index is 13.1. The van der Waals surface area contributed by atoms with E-state index < -0.39 is 23.1 Å². The molecule has 10 heteroatoms. The minimum Gasteiger partial charge on any atom is -0.350 e. The van der Waals surface area contributed by atoms with Gasteiger partial charge in [-0.3, -0.25) is 9.59 Å². The van der Waals surface area contributed by atoms with Gasteiger partial charge in [-0.2, -0.15) is 18.3 Å². The molecule has 0 fully saturated rings. The van der Waals surface area contributed by atoms with Crippen molar-refractivity contribution in [2.75, 3.05) is 6.54 Å². The Morgan fingerprint density at radius 1 is 1.06 bits per heavy atom. The third-order valence-electron chi connectivity index (χ3n) is 5.43. The molecular weight excluding hydrogens is 447 g/mol. The molecule has 0 atom stereocenters. The summed E-state index contributed by atoms with van der Waals surface area (Å²) in [5.41, 5.74) is 0.464. The second-order valence-corrected chi connectivity index (χ2v) is 7.87. The third kappa shape index (κ3) is 4.70. The number of carbonyl (C=O) groups is 1. The van der Waals surface area contributed by atoms with Crippen LogP contribution in [0.2, 0.25) is 0 Å². The average molecular weight is 469 g/mol. The van der Waals surface area contributed by atoms with E-state index in [9.17, 15) is 22.8 Å². The number of hydrogen-bond acceptors (Lipinski definition) is 4. The predicted octanol–water partition coefficient (Wildman–Crippen LogP) is 4.04. The Morgan fingerprint density at radius 3 is 2.59 bits per heavy atom. The quantitative estimate of drug-likeness (QED) is 0.432. The first-order valence-corrected chi connectivity index (χ1v) is 10.6. The van der Waals surface area contributed by atoms with Gasteiger partial charge in [0, 0.05) is 24.8 Å². The highest BCUT2D eigenvalue weighted by molar-refractivity contribution is 5.92. The van der Waals surface area contributed by atoms with Crippen molar-refractivity contribution in [2.45, 2.75) is 33.0 Å². The molecule has 34 heavy (non-hydrogen) atoms. The number of carbonyl (C=O) groups excluding carboxylic acids is 1. The van der Waals surface area contributed by atoms with Gasteiger partial charge in [-0.25, -0.2) is 9.67 Å². The molecule has 0 aliphatic carbocycles. The Hall–Kier alpha value is -3.95. The van der Waals surface area contributed by atoms with Crippen molar-refractivity contribution in [3.8, 4) is 5.69 Å². The average Bonchev–Trinajstić information content (AvgIpc) is 3.11. The van der Waals surface area contributed by atoms with Gasteiger partial charge in [-0.1, -0.05) is 18.2 Å². The Labute approximate surface area is 192 Å². The summed E-state index contributed by atoms with van der Waals surface area (Å²) in [5.74, 6) is 0.176. The summed E-state index contributed by atoms with van der Waals surface area (Å²) in [6.45, 7) is 4.34. The smallest absolute Gasteiger partial charge is 0.350 e. The molecule has 4 rings (SSSR count). The number of nitrogens with zero attached hydrogens (tertiary/aromatic N) is 4. The number of alkyl halides is 3. The Kier molecular flexibility index (Phi) is 6.23. The molecule has 0 aliphatic heterocycles. The molecule has 4 aromatic rings. The number of para-hydroxylation sites is 2. The van der Waals surface area contributed by atoms with Gasteiger partial charge >= 0.3 is 6.18 Å². The molecule has 0 bridgehead atoms. The first-order chi connectivity index (χ1) is 16.1. The SMILES string of the molecule is Cc1cc(=O)c(C(=O)NCCCn2c(C)nc3ccccc32)nn1-c1cccc(C(F)(F)F)c1. The summed E-state index contributed by atoms with van der Waals surface area (Å²) >= 11 is 0. The van der Waals surface area contributed by atoms with E-state index in [-0.39, 0.29) is 17.9 Å². The van der Waals surface area contributed by atoms with Crippen LogP contribution in [0.25, 0.3) is 16.7 Å². The molecule has 2 aromatic carbocycles. The Balaban J connectivity index is 1.48. The van der Waals surface area contributed by atoms with E-state index >= 15 is 0 Å². The zero-order chi connectivity index (χ0) is 24.5. The topological polar surface area (TPSA) is 81.8 Å². The molecule has 0 saturated heterocycles. The van der Waals surface area contributed by atoms with Crippen LogP contribution >= 0.6 is 0 Å². The number of imidazole rings is 1. The first kappa shape index (κ1) is 23.2. The minimum atomic E-state index is -4.53. The number of nitrogens with one attached hydrogen (secondary N) is 1. The number of benzene rings is 2. The van der Waals surface area contributed by atoms with Gasteiger partial charge in [0.15, 0.2) is 5.69 Å². The lowest BCUT2D eigenvalue weighted by atomic mass is 10.2. The second-order valence-electron chi connectivity index (χ2n) is 7.87. The molecule has 7 nitrogen and oxygen atoms in total. The van der Waals surface area contributed by atoms with E-state index in [0.717, 1.165) is 33.7 Å². The third-order valence-corrected chi connectivity index (χ3v) is 5.43. The van der Waals surface area contributed by atoms with E-state index in [1.165, 1.54) is 25.1 Å². The van der Waals surface area contributed by atoms with Crippen LogP contribution in [0.15, 0.2) is 59.4 Å². The highest BCUT2D eigenvalue weighted by Crippen LogP contribution is 2.30. The van der Waals surface area contributed by atoms with Gasteiger partial charge < -0.3 is 9.88 Å². The zero-order valence-electron chi connectivity index (χ0n) is 18.6. The molecule has 2 heterocycles. The van der Waals surface area contributed by atoms with E-state index in [0.29, 0.717) is 18.7 Å². The normalized spacial score (nSPS) is 11.7. The summed E-state index contributed by atoms with van der Waals surface area (Å²) in [7, 11) is 0. The molecule has 1 amide bonds. The molecule has 0 radical (unpaired) electrons. The van der Waals surface area contributed by atoms with Crippen molar-refractivity contribution in [1.29, 1.82) is 0 Å². The first-order valence-electron chi connectivity index (χ1n) is 10.6. The van der Waals surface area contributed by atoms with E-state index in [1.54, 1.807) is 0 Å². The second kappa shape index (κ2) is 9.12. The largest absolute Gasteiger partial charge is 0.416 e. The van der Waals surface area contributed by atoms with Crippen molar-refractivity contribution in [1.82, 2.24) is 24.6 Å². The van der Waals surface area contributed by atoms with Crippen LogP contribution in [0.4, 0.5) is 13.2 Å². The molecule has 176 valence electrons. The highest BCUT2D eigenvalue weighted by Gasteiger charge is 2.30. The lowest BCUT2D eigenvalue weighted by Crippen LogP contribution is -2.33. The van der Waals surface area contributed by atoms with Crippen LogP contribution in [-0.4, -0.2) is 31.8 Å². The van der Waals surface area contributed by atoms with Crippen LogP contribution in [-0.2, 0) is 12.7 Å². The van der Waals surface area contributed by atoms with Crippen LogP contribution in [0, 0.1) is 13.8 Å². The predicted molar refractivity (Wildman–Crippen MR) is 121 cm³/mol. The van der Waals surface area contributed by atoms with E-state index in [1.807, 2.05) is 35.8 Å². The summed E-state index contributed by atoms with van der Waals surface area (Å²) in [4.78, 5) is 29.5. The molecule has 0 aliphatic rings. The molecule has 2 aromatic heterocycles. The fourth-order valence-electron chi connectivity index (χ4n) is 3.78. The number of amides is 1. The van der Waals surface area contributed by atoms with Crippen molar-refractivity contribution in [2.24, 2.45) is 0 Å². The molecular formula is C24H22F3N5O2. The minimum absolute atomic E-state index is 0.101. The number of halogens is 3. The summed E-state index contributed by atoms with van der Waals surface area (Å²) < 4.78 is 42.5. The zero-order valence-corrected chi connectivity index (χ0v) is 18.6. The molecule has 0 saturated carbocycles. The summed E-state index contributed by atoms with van der Waals surface area (Å²) in [6.07, 6.45) is -3.94. The number of fused-ring (bicyclic) bond motifs is 1. The summed E-state index contributed by atoms with van der Waals surface area (Å²) in [6, 6.07) is 13.5. The fraction of sp³-hybridized carbons (Fsp3) is 0.250. The van der Waals surface area contributed by atoms with Crippen molar-refractivity contribution in [3.63, 3.8) is 0 Å². The summed E-state index contributed by atoms with van der Waals surface area (Å²) in [5, 5.41) is 6.73. The van der Waals surface area contributed by atoms with Crippen molar-refractivity contribution < 1.29 is 18.0 Å². The fourth-order valence-corrected chi connectivity index (χ4v) is 3.78. The number of aromatic nitrogens is 4. The van der Waals surface area contributed by atoms with Crippen LogP contribution in [0.1, 0.15) is 34.0 Å². The van der Waals surface area contributed by atoms with Crippen LogP contribution < -0.4 is 10.7 Å². The lowest BCUT2D eigenvalue weighted by molar-refractivity contribution is -0.137. The van der Waals surface area contributed by atoms with Gasteiger partial charge in [0.1, 0.15) is 5.82 Å². The maximum atomic E-state index is 13.1. The van der Waals surface area contributed by atoms with Gasteiger partial charge in [0.05, 0.1) is 22.3 Å². The maximum Gasteiger partial charge on any atom is 0.416 e. The standard InChI is InChI=1S/C24H22F3N5O2/c1-15-13-21(33)22(30-32(15)18-8-5-7-17(14-18)24(25,26)27)23(34)28-11-6-12-31-16(2)29-19-9-3-4-10-20(19)31/h3-5,7-10,13-14H,6,11-12H2,1-2H3,(H,28,34). The van der Waals surface area contributed by atoms with Gasteiger partial charge in [0.25, 0.3) is 5.91 Å². The van der Waals surface area contributed by atoms with E-state index in [4.69, 9.17) is 0 Å². The highest BCUT2D eigenvalue weighted by atomic mass is 19.4. The van der Waals surface area contributed by atoms with Gasteiger partial charge in [-0.15, -0.1) is 0 Å². The van der Waals surface area contributed by atoms with E-state index in [2.05, 4.69) is 15.4 Å². The lowest BCUT2D eigenvalue weighted by Gasteiger charge is -2.14. The molecule has 0 unspecified atom stereocenters. The molecule has 0 spiro atoms.